The first kappa shape index (κ1) is 14.9. The van der Waals surface area contributed by atoms with Crippen LogP contribution in [-0.2, 0) is 16.4 Å². The van der Waals surface area contributed by atoms with Crippen LogP contribution in [0.1, 0.15) is 25.3 Å². The highest BCUT2D eigenvalue weighted by Gasteiger charge is 2.25. The lowest BCUT2D eigenvalue weighted by Crippen LogP contribution is -2.37. The third kappa shape index (κ3) is 3.74. The molecule has 1 aliphatic heterocycles. The van der Waals surface area contributed by atoms with Crippen molar-refractivity contribution in [2.24, 2.45) is 0 Å². The summed E-state index contributed by atoms with van der Waals surface area (Å²) in [7, 11) is -3.28. The standard InChI is InChI=1S/C14H21NO2S2/c1-2-3-4-13-5-7-14(8-6-13)19(16,17)15-9-11-18-12-10-15/h5-8H,2-4,9-12H2,1H3. The van der Waals surface area contributed by atoms with Crippen molar-refractivity contribution in [3.8, 4) is 0 Å². The van der Waals surface area contributed by atoms with Crippen LogP contribution in [0, 0.1) is 0 Å². The molecule has 0 radical (unpaired) electrons. The Morgan fingerprint density at radius 3 is 2.37 bits per heavy atom. The minimum Gasteiger partial charge on any atom is -0.207 e. The number of thioether (sulfide) groups is 1. The zero-order chi connectivity index (χ0) is 13.7. The molecule has 0 bridgehead atoms. The van der Waals surface area contributed by atoms with Gasteiger partial charge in [0.1, 0.15) is 0 Å². The molecule has 1 saturated heterocycles. The van der Waals surface area contributed by atoms with Gasteiger partial charge < -0.3 is 0 Å². The Labute approximate surface area is 120 Å². The number of aryl methyl sites for hydroxylation is 1. The van der Waals surface area contributed by atoms with Crippen LogP contribution >= 0.6 is 11.8 Å². The maximum absolute atomic E-state index is 12.4. The molecule has 106 valence electrons. The van der Waals surface area contributed by atoms with Gasteiger partial charge in [-0.15, -0.1) is 0 Å². The summed E-state index contributed by atoms with van der Waals surface area (Å²) >= 11 is 1.82. The quantitative estimate of drug-likeness (QED) is 0.839. The van der Waals surface area contributed by atoms with Gasteiger partial charge in [0, 0.05) is 24.6 Å². The molecular formula is C14H21NO2S2. The van der Waals surface area contributed by atoms with Crippen molar-refractivity contribution in [2.45, 2.75) is 31.1 Å². The second kappa shape index (κ2) is 6.77. The van der Waals surface area contributed by atoms with Gasteiger partial charge in [-0.3, -0.25) is 0 Å². The minimum absolute atomic E-state index is 0.430. The lowest BCUT2D eigenvalue weighted by molar-refractivity contribution is 0.443. The molecule has 0 amide bonds. The lowest BCUT2D eigenvalue weighted by Gasteiger charge is -2.25. The predicted octanol–water partition coefficient (Wildman–Crippen LogP) is 2.77. The monoisotopic (exact) mass is 299 g/mol. The predicted molar refractivity (Wildman–Crippen MR) is 81.1 cm³/mol. The SMILES string of the molecule is CCCCc1ccc(S(=O)(=O)N2CCSCC2)cc1. The Morgan fingerprint density at radius 2 is 1.79 bits per heavy atom. The van der Waals surface area contributed by atoms with Gasteiger partial charge in [0.25, 0.3) is 0 Å². The van der Waals surface area contributed by atoms with E-state index in [1.165, 1.54) is 5.56 Å². The topological polar surface area (TPSA) is 37.4 Å². The number of hydrogen-bond acceptors (Lipinski definition) is 3. The number of hydrogen-bond donors (Lipinski definition) is 0. The van der Waals surface area contributed by atoms with Crippen LogP contribution in [0.5, 0.6) is 0 Å². The largest absolute Gasteiger partial charge is 0.243 e. The minimum atomic E-state index is -3.28. The molecule has 1 aliphatic rings. The summed E-state index contributed by atoms with van der Waals surface area (Å²) in [4.78, 5) is 0.430. The summed E-state index contributed by atoms with van der Waals surface area (Å²) in [5.41, 5.74) is 1.22. The van der Waals surface area contributed by atoms with Gasteiger partial charge in [-0.2, -0.15) is 16.1 Å². The van der Waals surface area contributed by atoms with Gasteiger partial charge in [0.2, 0.25) is 10.0 Å². The number of nitrogens with zero attached hydrogens (tertiary/aromatic N) is 1. The van der Waals surface area contributed by atoms with Crippen molar-refractivity contribution < 1.29 is 8.42 Å². The zero-order valence-electron chi connectivity index (χ0n) is 11.3. The van der Waals surface area contributed by atoms with E-state index in [1.54, 1.807) is 16.4 Å². The number of unbranched alkanes of at least 4 members (excludes halogenated alkanes) is 1. The van der Waals surface area contributed by atoms with Gasteiger partial charge in [0.15, 0.2) is 0 Å². The van der Waals surface area contributed by atoms with E-state index < -0.39 is 10.0 Å². The summed E-state index contributed by atoms with van der Waals surface area (Å²) < 4.78 is 26.5. The average molecular weight is 299 g/mol. The molecule has 1 heterocycles. The molecule has 0 saturated carbocycles. The van der Waals surface area contributed by atoms with E-state index in [2.05, 4.69) is 6.92 Å². The molecule has 0 spiro atoms. The van der Waals surface area contributed by atoms with Crippen molar-refractivity contribution >= 4 is 21.8 Å². The van der Waals surface area contributed by atoms with Gasteiger partial charge in [-0.05, 0) is 30.5 Å². The zero-order valence-corrected chi connectivity index (χ0v) is 13.0. The van der Waals surface area contributed by atoms with E-state index in [0.717, 1.165) is 30.8 Å². The van der Waals surface area contributed by atoms with Crippen LogP contribution in [0.4, 0.5) is 0 Å². The van der Waals surface area contributed by atoms with Crippen LogP contribution in [0.15, 0.2) is 29.2 Å². The molecule has 3 nitrogen and oxygen atoms in total. The normalized spacial score (nSPS) is 17.5. The van der Waals surface area contributed by atoms with Crippen LogP contribution in [0.3, 0.4) is 0 Å². The average Bonchev–Trinajstić information content (AvgIpc) is 2.46. The molecule has 5 heteroatoms. The molecular weight excluding hydrogens is 278 g/mol. The van der Waals surface area contributed by atoms with Crippen molar-refractivity contribution in [3.63, 3.8) is 0 Å². The fraction of sp³-hybridized carbons (Fsp3) is 0.571. The number of benzene rings is 1. The smallest absolute Gasteiger partial charge is 0.207 e. The highest BCUT2D eigenvalue weighted by molar-refractivity contribution is 7.99. The molecule has 2 rings (SSSR count). The summed E-state index contributed by atoms with van der Waals surface area (Å²) in [6.45, 7) is 3.42. The Kier molecular flexibility index (Phi) is 5.30. The van der Waals surface area contributed by atoms with Gasteiger partial charge >= 0.3 is 0 Å². The Morgan fingerprint density at radius 1 is 1.16 bits per heavy atom. The second-order valence-corrected chi connectivity index (χ2v) is 7.93. The third-order valence-electron chi connectivity index (χ3n) is 3.35. The molecule has 0 N–H and O–H groups in total. The van der Waals surface area contributed by atoms with Gasteiger partial charge in [-0.1, -0.05) is 25.5 Å². The van der Waals surface area contributed by atoms with E-state index in [4.69, 9.17) is 0 Å². The van der Waals surface area contributed by atoms with E-state index in [0.29, 0.717) is 18.0 Å². The Balaban J connectivity index is 2.11. The van der Waals surface area contributed by atoms with Gasteiger partial charge in [0.05, 0.1) is 4.90 Å². The highest BCUT2D eigenvalue weighted by atomic mass is 32.2. The van der Waals surface area contributed by atoms with Crippen molar-refractivity contribution in [2.75, 3.05) is 24.6 Å². The van der Waals surface area contributed by atoms with Crippen LogP contribution in [0.2, 0.25) is 0 Å². The van der Waals surface area contributed by atoms with Crippen LogP contribution in [-0.4, -0.2) is 37.3 Å². The molecule has 1 aromatic carbocycles. The summed E-state index contributed by atoms with van der Waals surface area (Å²) in [5.74, 6) is 1.79. The molecule has 1 aromatic rings. The summed E-state index contributed by atoms with van der Waals surface area (Å²) in [6.07, 6.45) is 3.33. The molecule has 0 atom stereocenters. The molecule has 19 heavy (non-hydrogen) atoms. The second-order valence-electron chi connectivity index (χ2n) is 4.76. The molecule has 0 unspecified atom stereocenters. The van der Waals surface area contributed by atoms with E-state index in [-0.39, 0.29) is 0 Å². The molecule has 0 aromatic heterocycles. The Bertz CT molecular complexity index is 491. The van der Waals surface area contributed by atoms with Crippen LogP contribution < -0.4 is 0 Å². The fourth-order valence-electron chi connectivity index (χ4n) is 2.15. The Hall–Kier alpha value is -0.520. The number of sulfonamides is 1. The lowest BCUT2D eigenvalue weighted by atomic mass is 10.1. The third-order valence-corrected chi connectivity index (χ3v) is 6.21. The first-order valence-corrected chi connectivity index (χ1v) is 9.41. The first-order chi connectivity index (χ1) is 9.14. The maximum Gasteiger partial charge on any atom is 0.243 e. The molecule has 0 aliphatic carbocycles. The highest BCUT2D eigenvalue weighted by Crippen LogP contribution is 2.20. The van der Waals surface area contributed by atoms with Crippen molar-refractivity contribution in [1.82, 2.24) is 4.31 Å². The van der Waals surface area contributed by atoms with Gasteiger partial charge in [-0.25, -0.2) is 8.42 Å². The number of rotatable bonds is 5. The van der Waals surface area contributed by atoms with E-state index in [9.17, 15) is 8.42 Å². The van der Waals surface area contributed by atoms with Crippen LogP contribution in [0.25, 0.3) is 0 Å². The molecule has 1 fully saturated rings. The van der Waals surface area contributed by atoms with Crippen molar-refractivity contribution in [1.29, 1.82) is 0 Å². The summed E-state index contributed by atoms with van der Waals surface area (Å²) in [6, 6.07) is 7.40. The van der Waals surface area contributed by atoms with E-state index >= 15 is 0 Å². The van der Waals surface area contributed by atoms with Crippen molar-refractivity contribution in [3.05, 3.63) is 29.8 Å². The maximum atomic E-state index is 12.4. The first-order valence-electron chi connectivity index (χ1n) is 6.81. The fourth-order valence-corrected chi connectivity index (χ4v) is 4.72. The summed E-state index contributed by atoms with van der Waals surface area (Å²) in [5, 5.41) is 0. The van der Waals surface area contributed by atoms with E-state index in [1.807, 2.05) is 23.9 Å².